The highest BCUT2D eigenvalue weighted by atomic mass is 33.1. The van der Waals surface area contributed by atoms with E-state index in [9.17, 15) is 43.5 Å². The maximum Gasteiger partial charge on any atom is 0.305 e. The van der Waals surface area contributed by atoms with Crippen LogP contribution in [-0.2, 0) is 44.8 Å². The van der Waals surface area contributed by atoms with Crippen LogP contribution in [0.1, 0.15) is 50.5 Å². The van der Waals surface area contributed by atoms with Crippen LogP contribution in [0, 0.1) is 0 Å². The number of carbonyl (C=O) groups excluding carboxylic acids is 7. The van der Waals surface area contributed by atoms with Crippen molar-refractivity contribution in [3.05, 3.63) is 36.0 Å². The van der Waals surface area contributed by atoms with Crippen molar-refractivity contribution in [2.75, 3.05) is 31.1 Å². The van der Waals surface area contributed by atoms with Crippen LogP contribution in [0.4, 0.5) is 0 Å². The van der Waals surface area contributed by atoms with Crippen LogP contribution in [0.3, 0.4) is 0 Å². The Labute approximate surface area is 335 Å². The summed E-state index contributed by atoms with van der Waals surface area (Å²) in [5.74, 6) is -6.35. The first-order chi connectivity index (χ1) is 27.2. The Morgan fingerprint density at radius 3 is 2.37 bits per heavy atom. The molecule has 4 rings (SSSR count). The van der Waals surface area contributed by atoms with Crippen molar-refractivity contribution in [2.45, 2.75) is 81.6 Å². The van der Waals surface area contributed by atoms with Gasteiger partial charge in [0.1, 0.15) is 30.2 Å². The zero-order chi connectivity index (χ0) is 41.5. The summed E-state index contributed by atoms with van der Waals surface area (Å²) >= 11 is 0. The van der Waals surface area contributed by atoms with Crippen LogP contribution in [0.5, 0.6) is 0 Å². The van der Waals surface area contributed by atoms with Crippen LogP contribution < -0.4 is 43.8 Å². The molecule has 22 heteroatoms. The quantitative estimate of drug-likeness (QED) is 0.0534. The van der Waals surface area contributed by atoms with Gasteiger partial charge in [-0.05, 0) is 43.7 Å². The molecular formula is C35H49N11O9S2. The molecule has 2 saturated heterocycles. The second-order valence-electron chi connectivity index (χ2n) is 13.5. The van der Waals surface area contributed by atoms with Gasteiger partial charge in [0.05, 0.1) is 13.0 Å². The number of aliphatic imine (C=N–C) groups is 1. The molecule has 2 aliphatic heterocycles. The highest BCUT2D eigenvalue weighted by molar-refractivity contribution is 8.76. The normalized spacial score (nSPS) is 23.6. The number of nitrogens with zero attached hydrogens (tertiary/aromatic N) is 2. The summed E-state index contributed by atoms with van der Waals surface area (Å²) in [5, 5.41) is 23.1. The molecule has 13 N–H and O–H groups in total. The van der Waals surface area contributed by atoms with E-state index in [4.69, 9.17) is 17.2 Å². The van der Waals surface area contributed by atoms with Gasteiger partial charge < -0.3 is 58.8 Å². The van der Waals surface area contributed by atoms with Crippen LogP contribution in [-0.4, -0.2) is 130 Å². The SMILES string of the molecule is NC(=O)[C@H]1CSSCCC(=O)N[C@@H](CCCCN=C(N)N)C(=O)NCC(=O)N[C@@H](CC(=O)O)C(=O)N[C@H](Cc2c[nH]c3ccccc23)C(=O)N2CCC[C@H]2C(=O)N1. The molecule has 310 valence electrons. The fraction of sp³-hybridized carbons (Fsp3) is 0.514. The number of aromatic amines is 1. The number of primary amides is 1. The molecule has 7 amide bonds. The van der Waals surface area contributed by atoms with E-state index in [1.807, 2.05) is 18.2 Å². The second-order valence-corrected chi connectivity index (χ2v) is 16.1. The number of guanidine groups is 1. The third-order valence-corrected chi connectivity index (χ3v) is 11.7. The molecule has 0 saturated carbocycles. The van der Waals surface area contributed by atoms with Gasteiger partial charge in [-0.1, -0.05) is 39.8 Å². The van der Waals surface area contributed by atoms with E-state index in [1.165, 1.54) is 26.5 Å². The lowest BCUT2D eigenvalue weighted by Crippen LogP contribution is -2.59. The van der Waals surface area contributed by atoms with E-state index in [1.54, 1.807) is 12.3 Å². The summed E-state index contributed by atoms with van der Waals surface area (Å²) in [5.41, 5.74) is 17.8. The Morgan fingerprint density at radius 1 is 0.877 bits per heavy atom. The molecular weight excluding hydrogens is 783 g/mol. The topological polar surface area (TPSA) is 326 Å². The number of fused-ring (bicyclic) bond motifs is 2. The minimum Gasteiger partial charge on any atom is -0.481 e. The number of carbonyl (C=O) groups is 8. The van der Waals surface area contributed by atoms with E-state index in [2.05, 4.69) is 36.6 Å². The zero-order valence-electron chi connectivity index (χ0n) is 31.1. The average Bonchev–Trinajstić information content (AvgIpc) is 3.82. The molecule has 0 unspecified atom stereocenters. The van der Waals surface area contributed by atoms with Gasteiger partial charge in [-0.3, -0.25) is 43.3 Å². The first-order valence-corrected chi connectivity index (χ1v) is 20.9. The van der Waals surface area contributed by atoms with Crippen molar-refractivity contribution >= 4 is 85.8 Å². The van der Waals surface area contributed by atoms with Crippen molar-refractivity contribution in [3.63, 3.8) is 0 Å². The average molecular weight is 832 g/mol. The highest BCUT2D eigenvalue weighted by Crippen LogP contribution is 2.25. The molecule has 2 aromatic rings. The van der Waals surface area contributed by atoms with Crippen LogP contribution in [0.2, 0.25) is 0 Å². The number of aliphatic carboxylic acids is 1. The molecule has 1 aromatic carbocycles. The molecule has 0 spiro atoms. The van der Waals surface area contributed by atoms with Gasteiger partial charge in [-0.15, -0.1) is 0 Å². The van der Waals surface area contributed by atoms with Crippen molar-refractivity contribution in [1.29, 1.82) is 0 Å². The Kier molecular flexibility index (Phi) is 16.8. The predicted molar refractivity (Wildman–Crippen MR) is 213 cm³/mol. The number of carboxylic acids is 1. The summed E-state index contributed by atoms with van der Waals surface area (Å²) in [6.45, 7) is -0.233. The van der Waals surface area contributed by atoms with Crippen molar-refractivity contribution in [2.24, 2.45) is 22.2 Å². The number of hydrogen-bond acceptors (Lipinski definition) is 11. The van der Waals surface area contributed by atoms with E-state index in [-0.39, 0.29) is 56.2 Å². The minimum atomic E-state index is -1.68. The fourth-order valence-corrected chi connectivity index (χ4v) is 8.56. The largest absolute Gasteiger partial charge is 0.481 e. The van der Waals surface area contributed by atoms with E-state index >= 15 is 0 Å². The molecule has 2 aliphatic rings. The maximum absolute atomic E-state index is 14.3. The number of nitrogens with two attached hydrogens (primary N) is 3. The van der Waals surface area contributed by atoms with Gasteiger partial charge in [-0.25, -0.2) is 0 Å². The van der Waals surface area contributed by atoms with E-state index in [0.717, 1.165) is 10.9 Å². The lowest BCUT2D eigenvalue weighted by molar-refractivity contribution is -0.143. The fourth-order valence-electron chi connectivity index (χ4n) is 6.39. The van der Waals surface area contributed by atoms with Gasteiger partial charge in [0.25, 0.3) is 0 Å². The van der Waals surface area contributed by atoms with Crippen molar-refractivity contribution in [3.8, 4) is 0 Å². The van der Waals surface area contributed by atoms with Crippen molar-refractivity contribution in [1.82, 2.24) is 36.5 Å². The number of rotatable bonds is 10. The smallest absolute Gasteiger partial charge is 0.305 e. The Bertz CT molecular complexity index is 1840. The summed E-state index contributed by atoms with van der Waals surface area (Å²) in [7, 11) is 2.45. The van der Waals surface area contributed by atoms with Gasteiger partial charge >= 0.3 is 5.97 Å². The Hall–Kier alpha value is -5.51. The maximum atomic E-state index is 14.3. The molecule has 3 heterocycles. The monoisotopic (exact) mass is 831 g/mol. The number of unbranched alkanes of at least 4 members (excludes halogenated alkanes) is 1. The Balaban J connectivity index is 1.61. The summed E-state index contributed by atoms with van der Waals surface area (Å²) < 4.78 is 0. The van der Waals surface area contributed by atoms with Gasteiger partial charge in [0.15, 0.2) is 5.96 Å². The van der Waals surface area contributed by atoms with E-state index in [0.29, 0.717) is 24.8 Å². The molecule has 0 radical (unpaired) electrons. The molecule has 20 nitrogen and oxygen atoms in total. The van der Waals surface area contributed by atoms with Crippen LogP contribution >= 0.6 is 21.6 Å². The second kappa shape index (κ2) is 21.7. The summed E-state index contributed by atoms with van der Waals surface area (Å²) in [6.07, 6.45) is 2.48. The number of aromatic nitrogens is 1. The number of nitrogens with one attached hydrogen (secondary N) is 6. The number of amides is 7. The standard InChI is InChI=1S/C35H49N11O9S2/c36-30(51)25-18-57-56-13-10-27(47)42-22(8-3-4-11-39-35(37)38)31(52)41-17-28(48)43-23(15-29(49)50)32(53)44-24(14-19-16-40-21-7-2-1-6-20(19)21)34(55)46-12-5-9-26(46)33(54)45-25/h1-2,6-7,16,22-26,40H,3-5,8-15,17-18H2,(H2,36,51)(H,41,52)(H,42,47)(H,43,48)(H,44,53)(H,45,54)(H,49,50)(H4,37,38,39)/t22-,23-,24+,25+,26-/m0/s1. The number of carboxylic acid groups (broad SMARTS) is 1. The molecule has 2 fully saturated rings. The minimum absolute atomic E-state index is 0.0195. The molecule has 57 heavy (non-hydrogen) atoms. The number of benzene rings is 1. The molecule has 0 aliphatic carbocycles. The third kappa shape index (κ3) is 13.6. The van der Waals surface area contributed by atoms with Gasteiger partial charge in [0.2, 0.25) is 41.4 Å². The summed E-state index contributed by atoms with van der Waals surface area (Å²) in [4.78, 5) is 114. The Morgan fingerprint density at radius 2 is 1.63 bits per heavy atom. The van der Waals surface area contributed by atoms with E-state index < -0.39 is 90.5 Å². The number of H-pyrrole nitrogens is 1. The summed E-state index contributed by atoms with van der Waals surface area (Å²) in [6, 6.07) is 1.07. The third-order valence-electron chi connectivity index (χ3n) is 9.24. The van der Waals surface area contributed by atoms with Crippen LogP contribution in [0.15, 0.2) is 35.5 Å². The van der Waals surface area contributed by atoms with Gasteiger partial charge in [-0.2, -0.15) is 0 Å². The van der Waals surface area contributed by atoms with Gasteiger partial charge in [0, 0.05) is 54.5 Å². The lowest BCUT2D eigenvalue weighted by Gasteiger charge is -2.30. The number of hydrogen-bond donors (Lipinski definition) is 10. The molecule has 1 aromatic heterocycles. The van der Waals surface area contributed by atoms with Crippen molar-refractivity contribution < 1.29 is 43.5 Å². The molecule has 0 bridgehead atoms. The lowest BCUT2D eigenvalue weighted by atomic mass is 10.0. The zero-order valence-corrected chi connectivity index (χ0v) is 32.8. The van der Waals surface area contributed by atoms with Crippen LogP contribution in [0.25, 0.3) is 10.9 Å². The number of para-hydroxylation sites is 1. The first kappa shape index (κ1) is 44.2. The predicted octanol–water partition coefficient (Wildman–Crippen LogP) is -2.05. The first-order valence-electron chi connectivity index (χ1n) is 18.4. The highest BCUT2D eigenvalue weighted by Gasteiger charge is 2.40. The molecule has 5 atom stereocenters.